The van der Waals surface area contributed by atoms with Crippen LogP contribution >= 0.6 is 9.90 Å². The van der Waals surface area contributed by atoms with E-state index in [1.807, 2.05) is 0 Å². The Hall–Kier alpha value is 2.01. The maximum atomic E-state index is 8.36. The molecule has 0 aromatic heterocycles. The molecule has 3 N–H and O–H groups in total. The van der Waals surface area contributed by atoms with E-state index in [2.05, 4.69) is 0 Å². The molecule has 1 unspecified atom stereocenters. The normalized spacial score (nSPS) is 2.33. The minimum absolute atomic E-state index is 0. The number of hydrogen-bond acceptors (Lipinski definition) is 2. The predicted octanol–water partition coefficient (Wildman–Crippen LogP) is -5.89. The van der Waals surface area contributed by atoms with Crippen LogP contribution in [0.25, 0.3) is 0 Å². The Morgan fingerprint density at radius 2 is 1.50 bits per heavy atom. The largest absolute Gasteiger partial charge is 1.00 e. The molecule has 1 radical (unpaired) electrons. The van der Waals surface area contributed by atoms with Gasteiger partial charge < -0.3 is 15.5 Å². The fourth-order valence-electron chi connectivity index (χ4n) is 0. The summed E-state index contributed by atoms with van der Waals surface area (Å²) in [5.74, 6) is 0. The van der Waals surface area contributed by atoms with Gasteiger partial charge in [-0.25, -0.2) is 0 Å². The molecule has 0 spiro atoms. The molecule has 0 saturated heterocycles. The smallest absolute Gasteiger partial charge is 0.861 e. The molecule has 0 heterocycles. The maximum Gasteiger partial charge on any atom is 1.00 e. The fourth-order valence-corrected chi connectivity index (χ4v) is 0. The van der Waals surface area contributed by atoms with E-state index in [4.69, 9.17) is 10.0 Å². The molecule has 0 saturated carbocycles. The van der Waals surface area contributed by atoms with E-state index in [-0.39, 0.29) is 74.4 Å². The van der Waals surface area contributed by atoms with Crippen LogP contribution in [0.15, 0.2) is 0 Å². The van der Waals surface area contributed by atoms with Gasteiger partial charge in [0.05, 0.1) is 0 Å². The van der Waals surface area contributed by atoms with Crippen molar-refractivity contribution in [1.82, 2.24) is 0 Å². The van der Waals surface area contributed by atoms with Crippen LogP contribution in [0.5, 0.6) is 0 Å². The summed E-state index contributed by atoms with van der Waals surface area (Å²) in [6.07, 6.45) is 0. The average Bonchev–Trinajstić information content (AvgIpc) is 0.918. The zero-order valence-electron chi connectivity index (χ0n) is 3.64. The molecule has 1 atom stereocenters. The fraction of sp³-hybridized carbons (Fsp3) is 0. The Morgan fingerprint density at radius 1 is 1.50 bits per heavy atom. The summed E-state index contributed by atoms with van der Waals surface area (Å²) in [4.78, 5) is 0. The van der Waals surface area contributed by atoms with Crippen molar-refractivity contribution >= 4 is 17.6 Å². The Kier molecular flexibility index (Phi) is 114. The van der Waals surface area contributed by atoms with Crippen LogP contribution in [-0.2, 0) is 0 Å². The minimum atomic E-state index is -0.250. The third-order valence-electron chi connectivity index (χ3n) is 0. The molecule has 33 valence electrons. The molecule has 6 heavy (non-hydrogen) atoms. The van der Waals surface area contributed by atoms with Gasteiger partial charge in [0.25, 0.3) is 0 Å². The van der Waals surface area contributed by atoms with Crippen LogP contribution in [0.4, 0.5) is 0 Å². The summed E-state index contributed by atoms with van der Waals surface area (Å²) < 4.78 is 0. The second-order valence-electron chi connectivity index (χ2n) is 0.105. The molecule has 0 aliphatic heterocycles. The molecule has 0 amide bonds. The van der Waals surface area contributed by atoms with Gasteiger partial charge in [-0.2, -0.15) is 9.90 Å². The first kappa shape index (κ1) is 24.5. The van der Waals surface area contributed by atoms with E-state index in [0.29, 0.717) is 0 Å². The van der Waals surface area contributed by atoms with Crippen LogP contribution in [0.2, 0.25) is 0 Å². The topological polar surface area (TPSA) is 74.8 Å². The molecule has 6 heteroatoms. The molecule has 0 aliphatic carbocycles. The Labute approximate surface area is 83.2 Å². The third-order valence-corrected chi connectivity index (χ3v) is 0. The van der Waals surface area contributed by atoms with Crippen molar-refractivity contribution in [2.75, 3.05) is 0 Å². The van der Waals surface area contributed by atoms with E-state index in [1.54, 1.807) is 0 Å². The molecule has 0 aromatic carbocycles. The van der Waals surface area contributed by atoms with Crippen LogP contribution < -0.4 is 56.4 Å². The Bertz CT molecular complexity index is 10.8. The predicted molar refractivity (Wildman–Crippen MR) is 22.7 cm³/mol. The molecule has 3 nitrogen and oxygen atoms in total. The van der Waals surface area contributed by atoms with E-state index < -0.39 is 0 Å². The van der Waals surface area contributed by atoms with Crippen LogP contribution in [0.1, 0.15) is 0 Å². The van der Waals surface area contributed by atoms with Gasteiger partial charge in [0.1, 0.15) is 0 Å². The summed E-state index contributed by atoms with van der Waals surface area (Å²) >= 11 is 0. The summed E-state index contributed by atoms with van der Waals surface area (Å²) in [7, 11) is -0.250. The zero-order chi connectivity index (χ0) is 2.71. The SMILES string of the molecule is O.P.[K+].[O-][B]O. The van der Waals surface area contributed by atoms with Crippen LogP contribution in [0.3, 0.4) is 0 Å². The number of rotatable bonds is 0. The molecule has 0 fully saturated rings. The average molecular weight is 135 g/mol. The van der Waals surface area contributed by atoms with Gasteiger partial charge in [-0.1, -0.05) is 0 Å². The molecule has 0 aromatic rings. The van der Waals surface area contributed by atoms with Crippen LogP contribution in [-0.4, -0.2) is 18.2 Å². The van der Waals surface area contributed by atoms with Crippen molar-refractivity contribution in [3.8, 4) is 0 Å². The molecular weight excluding hydrogens is 129 g/mol. The summed E-state index contributed by atoms with van der Waals surface area (Å²) in [5.41, 5.74) is 0. The van der Waals surface area contributed by atoms with Crippen molar-refractivity contribution in [2.45, 2.75) is 0 Å². The first-order valence-electron chi connectivity index (χ1n) is 0.494. The van der Waals surface area contributed by atoms with Crippen molar-refractivity contribution in [1.29, 1.82) is 0 Å². The van der Waals surface area contributed by atoms with Gasteiger partial charge in [-0.15, -0.1) is 0 Å². The van der Waals surface area contributed by atoms with Crippen LogP contribution in [0, 0.1) is 0 Å². The molecule has 0 bridgehead atoms. The summed E-state index contributed by atoms with van der Waals surface area (Å²) in [5, 5.41) is 15.2. The first-order chi connectivity index (χ1) is 1.41. The quantitative estimate of drug-likeness (QED) is 0.265. The van der Waals surface area contributed by atoms with E-state index in [0.717, 1.165) is 0 Å². The minimum Gasteiger partial charge on any atom is -0.861 e. The monoisotopic (exact) mass is 135 g/mol. The first-order valence-corrected chi connectivity index (χ1v) is 0.494. The van der Waals surface area contributed by atoms with Gasteiger partial charge in [-0.3, -0.25) is 0 Å². The van der Waals surface area contributed by atoms with Gasteiger partial charge >= 0.3 is 51.4 Å². The van der Waals surface area contributed by atoms with Crippen molar-refractivity contribution in [2.24, 2.45) is 0 Å². The van der Waals surface area contributed by atoms with E-state index in [1.165, 1.54) is 0 Å². The summed E-state index contributed by atoms with van der Waals surface area (Å²) in [6, 6.07) is 0. The van der Waals surface area contributed by atoms with E-state index >= 15 is 0 Å². The maximum absolute atomic E-state index is 8.36. The third kappa shape index (κ3) is 37.3. The second kappa shape index (κ2) is 27.9. The Balaban J connectivity index is -0.00000000667. The zero-order valence-corrected chi connectivity index (χ0v) is 8.18. The standard InChI is InChI=1S/BHO2.K.H2O.H3P/c2-1-3;;;/h2H;;1H2;1H3/q-1;+1;;. The van der Waals surface area contributed by atoms with Gasteiger partial charge in [0.2, 0.25) is 0 Å². The molecular formula is H6BKO3P. The number of hydrogen-bond donors (Lipinski definition) is 1. The van der Waals surface area contributed by atoms with Crippen molar-refractivity contribution in [3.63, 3.8) is 0 Å². The van der Waals surface area contributed by atoms with Gasteiger partial charge in [-0.05, 0) is 0 Å². The van der Waals surface area contributed by atoms with E-state index in [9.17, 15) is 0 Å². The van der Waals surface area contributed by atoms with Crippen molar-refractivity contribution < 1.29 is 66.9 Å². The molecule has 0 rings (SSSR count). The summed E-state index contributed by atoms with van der Waals surface area (Å²) in [6.45, 7) is 0. The van der Waals surface area contributed by atoms with Crippen molar-refractivity contribution in [3.05, 3.63) is 0 Å². The van der Waals surface area contributed by atoms with Gasteiger partial charge in [0, 0.05) is 0 Å². The molecule has 0 aliphatic rings. The second-order valence-corrected chi connectivity index (χ2v) is 0.105. The van der Waals surface area contributed by atoms with Gasteiger partial charge in [0.15, 0.2) is 7.69 Å². The Morgan fingerprint density at radius 3 is 1.50 bits per heavy atom.